The fraction of sp³-hybridized carbons (Fsp3) is 0.235. The molecular formula is C17H17Cl2NO2. The van der Waals surface area contributed by atoms with E-state index in [0.29, 0.717) is 27.9 Å². The number of nitrogens with one attached hydrogen (secondary N) is 1. The van der Waals surface area contributed by atoms with Crippen LogP contribution < -0.4 is 10.1 Å². The molecule has 0 bridgehead atoms. The highest BCUT2D eigenvalue weighted by Crippen LogP contribution is 2.25. The summed E-state index contributed by atoms with van der Waals surface area (Å²) in [4.78, 5) is 12.3. The second-order valence-corrected chi connectivity index (χ2v) is 5.71. The Labute approximate surface area is 140 Å². The maximum Gasteiger partial charge on any atom is 0.265 e. The Morgan fingerprint density at radius 3 is 2.55 bits per heavy atom. The number of para-hydroxylation sites is 1. The van der Waals surface area contributed by atoms with Gasteiger partial charge in [-0.05, 0) is 43.2 Å². The molecule has 2 rings (SSSR count). The Hall–Kier alpha value is -1.71. The lowest BCUT2D eigenvalue weighted by Gasteiger charge is -2.18. The average molecular weight is 338 g/mol. The number of ether oxygens (including phenoxy) is 1. The summed E-state index contributed by atoms with van der Waals surface area (Å²) in [6, 6.07) is 12.5. The van der Waals surface area contributed by atoms with Crippen molar-refractivity contribution in [3.63, 3.8) is 0 Å². The van der Waals surface area contributed by atoms with Crippen LogP contribution in [0.5, 0.6) is 5.75 Å². The van der Waals surface area contributed by atoms with E-state index >= 15 is 0 Å². The number of anilines is 1. The van der Waals surface area contributed by atoms with Crippen molar-refractivity contribution in [3.8, 4) is 5.75 Å². The normalized spacial score (nSPS) is 11.8. The van der Waals surface area contributed by atoms with Crippen molar-refractivity contribution in [3.05, 3.63) is 58.1 Å². The SMILES string of the molecule is CC[C@H](Oc1ccccc1Cl)C(=O)Nc1ccc(C)c(Cl)c1. The molecule has 0 spiro atoms. The first-order valence-electron chi connectivity index (χ1n) is 6.99. The van der Waals surface area contributed by atoms with Gasteiger partial charge < -0.3 is 10.1 Å². The van der Waals surface area contributed by atoms with Crippen LogP contribution in [0.15, 0.2) is 42.5 Å². The molecule has 0 aromatic heterocycles. The molecule has 2 aromatic rings. The van der Waals surface area contributed by atoms with Crippen LogP contribution in [0.3, 0.4) is 0 Å². The summed E-state index contributed by atoms with van der Waals surface area (Å²) >= 11 is 12.1. The van der Waals surface area contributed by atoms with Crippen molar-refractivity contribution < 1.29 is 9.53 Å². The average Bonchev–Trinajstić information content (AvgIpc) is 2.50. The Kier molecular flexibility index (Phi) is 5.69. The topological polar surface area (TPSA) is 38.3 Å². The third-order valence-corrected chi connectivity index (χ3v) is 3.93. The smallest absolute Gasteiger partial charge is 0.265 e. The number of hydrogen-bond donors (Lipinski definition) is 1. The molecule has 0 fully saturated rings. The molecule has 0 radical (unpaired) electrons. The summed E-state index contributed by atoms with van der Waals surface area (Å²) in [7, 11) is 0. The molecule has 0 saturated heterocycles. The number of amides is 1. The molecule has 116 valence electrons. The van der Waals surface area contributed by atoms with Gasteiger partial charge >= 0.3 is 0 Å². The molecule has 22 heavy (non-hydrogen) atoms. The number of aryl methyl sites for hydroxylation is 1. The van der Waals surface area contributed by atoms with E-state index in [4.69, 9.17) is 27.9 Å². The van der Waals surface area contributed by atoms with Crippen LogP contribution >= 0.6 is 23.2 Å². The van der Waals surface area contributed by atoms with Gasteiger partial charge in [-0.15, -0.1) is 0 Å². The van der Waals surface area contributed by atoms with Crippen LogP contribution in [-0.4, -0.2) is 12.0 Å². The minimum absolute atomic E-state index is 0.234. The van der Waals surface area contributed by atoms with Gasteiger partial charge in [-0.3, -0.25) is 4.79 Å². The van der Waals surface area contributed by atoms with Gasteiger partial charge in [0.2, 0.25) is 0 Å². The van der Waals surface area contributed by atoms with Gasteiger partial charge in [-0.25, -0.2) is 0 Å². The molecule has 0 aliphatic rings. The van der Waals surface area contributed by atoms with Crippen LogP contribution in [0.4, 0.5) is 5.69 Å². The first kappa shape index (κ1) is 16.7. The van der Waals surface area contributed by atoms with E-state index < -0.39 is 6.10 Å². The van der Waals surface area contributed by atoms with Crippen LogP contribution in [-0.2, 0) is 4.79 Å². The minimum Gasteiger partial charge on any atom is -0.479 e. The van der Waals surface area contributed by atoms with Gasteiger partial charge in [0.1, 0.15) is 5.75 Å². The molecule has 0 aliphatic heterocycles. The predicted octanol–water partition coefficient (Wildman–Crippen LogP) is 5.10. The molecule has 0 heterocycles. The summed E-state index contributed by atoms with van der Waals surface area (Å²) < 4.78 is 5.71. The highest BCUT2D eigenvalue weighted by Gasteiger charge is 2.19. The summed E-state index contributed by atoms with van der Waals surface area (Å²) in [5, 5.41) is 3.90. The molecule has 2 aromatic carbocycles. The molecule has 0 saturated carbocycles. The fourth-order valence-electron chi connectivity index (χ4n) is 1.91. The van der Waals surface area contributed by atoms with E-state index in [1.165, 1.54) is 0 Å². The predicted molar refractivity (Wildman–Crippen MR) is 91.0 cm³/mol. The number of halogens is 2. The van der Waals surface area contributed by atoms with Crippen LogP contribution in [0, 0.1) is 6.92 Å². The maximum absolute atomic E-state index is 12.3. The van der Waals surface area contributed by atoms with Crippen LogP contribution in [0.1, 0.15) is 18.9 Å². The van der Waals surface area contributed by atoms with Gasteiger partial charge in [-0.2, -0.15) is 0 Å². The summed E-state index contributed by atoms with van der Waals surface area (Å²) in [5.74, 6) is 0.260. The molecule has 1 N–H and O–H groups in total. The van der Waals surface area contributed by atoms with Crippen LogP contribution in [0.2, 0.25) is 10.0 Å². The first-order valence-corrected chi connectivity index (χ1v) is 7.75. The van der Waals surface area contributed by atoms with Crippen LogP contribution in [0.25, 0.3) is 0 Å². The van der Waals surface area contributed by atoms with Crippen molar-refractivity contribution in [1.29, 1.82) is 0 Å². The monoisotopic (exact) mass is 337 g/mol. The Morgan fingerprint density at radius 2 is 1.91 bits per heavy atom. The lowest BCUT2D eigenvalue weighted by atomic mass is 10.2. The molecule has 0 aliphatic carbocycles. The lowest BCUT2D eigenvalue weighted by molar-refractivity contribution is -0.122. The third-order valence-electron chi connectivity index (χ3n) is 3.21. The molecule has 5 heteroatoms. The van der Waals surface area contributed by atoms with E-state index in [9.17, 15) is 4.79 Å². The first-order chi connectivity index (χ1) is 10.5. The Balaban J connectivity index is 2.08. The molecular weight excluding hydrogens is 321 g/mol. The van der Waals surface area contributed by atoms with Gasteiger partial charge in [0.05, 0.1) is 5.02 Å². The number of benzene rings is 2. The highest BCUT2D eigenvalue weighted by molar-refractivity contribution is 6.32. The van der Waals surface area contributed by atoms with Gasteiger partial charge in [-0.1, -0.05) is 48.3 Å². The van der Waals surface area contributed by atoms with E-state index in [-0.39, 0.29) is 5.91 Å². The summed E-state index contributed by atoms with van der Waals surface area (Å²) in [6.45, 7) is 3.78. The number of carbonyl (C=O) groups is 1. The third kappa shape index (κ3) is 4.15. The minimum atomic E-state index is -0.625. The second-order valence-electron chi connectivity index (χ2n) is 4.90. The molecule has 3 nitrogen and oxygen atoms in total. The van der Waals surface area contributed by atoms with E-state index in [0.717, 1.165) is 5.56 Å². The highest BCUT2D eigenvalue weighted by atomic mass is 35.5. The summed E-state index contributed by atoms with van der Waals surface area (Å²) in [5.41, 5.74) is 1.60. The van der Waals surface area contributed by atoms with Gasteiger partial charge in [0.15, 0.2) is 6.10 Å². The Morgan fingerprint density at radius 1 is 1.18 bits per heavy atom. The zero-order valence-corrected chi connectivity index (χ0v) is 13.9. The van der Waals surface area contributed by atoms with Crippen molar-refractivity contribution >= 4 is 34.8 Å². The van der Waals surface area contributed by atoms with Gasteiger partial charge in [0.25, 0.3) is 5.91 Å². The van der Waals surface area contributed by atoms with Crippen molar-refractivity contribution in [1.82, 2.24) is 0 Å². The van der Waals surface area contributed by atoms with E-state index in [1.807, 2.05) is 32.0 Å². The number of carbonyl (C=O) groups excluding carboxylic acids is 1. The lowest BCUT2D eigenvalue weighted by Crippen LogP contribution is -2.32. The van der Waals surface area contributed by atoms with Crippen molar-refractivity contribution in [2.45, 2.75) is 26.4 Å². The fourth-order valence-corrected chi connectivity index (χ4v) is 2.27. The maximum atomic E-state index is 12.3. The van der Waals surface area contributed by atoms with Crippen molar-refractivity contribution in [2.24, 2.45) is 0 Å². The quantitative estimate of drug-likeness (QED) is 0.824. The standard InChI is InChI=1S/C17H17Cl2NO2/c1-3-15(22-16-7-5-4-6-13(16)18)17(21)20-12-9-8-11(2)14(19)10-12/h4-10,15H,3H2,1-2H3,(H,20,21)/t15-/m0/s1. The largest absolute Gasteiger partial charge is 0.479 e. The van der Waals surface area contributed by atoms with E-state index in [1.54, 1.807) is 24.3 Å². The zero-order valence-electron chi connectivity index (χ0n) is 12.4. The van der Waals surface area contributed by atoms with Gasteiger partial charge in [0, 0.05) is 10.7 Å². The molecule has 1 atom stereocenters. The van der Waals surface area contributed by atoms with Crippen molar-refractivity contribution in [2.75, 3.05) is 5.32 Å². The summed E-state index contributed by atoms with van der Waals surface area (Å²) in [6.07, 6.45) is -0.101. The van der Waals surface area contributed by atoms with E-state index in [2.05, 4.69) is 5.32 Å². The number of rotatable bonds is 5. The number of hydrogen-bond acceptors (Lipinski definition) is 2. The Bertz CT molecular complexity index is 673. The molecule has 1 amide bonds. The second kappa shape index (κ2) is 7.52. The molecule has 0 unspecified atom stereocenters. The zero-order chi connectivity index (χ0) is 16.1.